The number of anilines is 1. The molecule has 1 aromatic heterocycles. The van der Waals surface area contributed by atoms with E-state index in [0.717, 1.165) is 10.6 Å². The van der Waals surface area contributed by atoms with E-state index < -0.39 is 0 Å². The average molecular weight is 292 g/mol. The third kappa shape index (κ3) is 2.79. The molecule has 2 aromatic rings. The Bertz CT molecular complexity index is 501. The lowest BCUT2D eigenvalue weighted by atomic mass is 10.3. The Hall–Kier alpha value is -0.490. The van der Waals surface area contributed by atoms with E-state index in [2.05, 4.69) is 9.59 Å². The topological polar surface area (TPSA) is 51.8 Å². The van der Waals surface area contributed by atoms with Gasteiger partial charge in [0, 0.05) is 27.9 Å². The molecule has 0 bridgehead atoms. The molecule has 1 heterocycles. The molecule has 16 heavy (non-hydrogen) atoms. The molecule has 3 nitrogen and oxygen atoms in total. The van der Waals surface area contributed by atoms with Crippen LogP contribution in [0.25, 0.3) is 0 Å². The molecule has 1 aromatic carbocycles. The highest BCUT2D eigenvalue weighted by Gasteiger charge is 2.08. The molecule has 0 aliphatic heterocycles. The zero-order valence-corrected chi connectivity index (χ0v) is 11.1. The van der Waals surface area contributed by atoms with Gasteiger partial charge in [-0.2, -0.15) is 0 Å². The van der Waals surface area contributed by atoms with Gasteiger partial charge in [0.25, 0.3) is 0 Å². The fourth-order valence-corrected chi connectivity index (χ4v) is 3.06. The number of halogens is 2. The SMILES string of the molecule is Nc1ccc(Cl)c(SCc2nnsc2Cl)c1. The minimum absolute atomic E-state index is 0.618. The van der Waals surface area contributed by atoms with E-state index in [1.807, 2.05) is 6.07 Å². The van der Waals surface area contributed by atoms with E-state index in [-0.39, 0.29) is 0 Å². The van der Waals surface area contributed by atoms with Gasteiger partial charge in [0.2, 0.25) is 0 Å². The summed E-state index contributed by atoms with van der Waals surface area (Å²) in [5.41, 5.74) is 7.14. The van der Waals surface area contributed by atoms with E-state index in [1.165, 1.54) is 11.5 Å². The number of nitrogens with two attached hydrogens (primary N) is 1. The molecule has 84 valence electrons. The standard InChI is InChI=1S/C9H7Cl2N3S2/c10-6-2-1-5(12)3-8(6)15-4-7-9(11)16-14-13-7/h1-3H,4,12H2. The average Bonchev–Trinajstić information content (AvgIpc) is 2.66. The Morgan fingerprint density at radius 1 is 1.38 bits per heavy atom. The number of nitrogen functional groups attached to an aromatic ring is 1. The van der Waals surface area contributed by atoms with Crippen molar-refractivity contribution in [2.45, 2.75) is 10.6 Å². The number of hydrogen-bond donors (Lipinski definition) is 1. The van der Waals surface area contributed by atoms with Crippen molar-refractivity contribution in [3.8, 4) is 0 Å². The quantitative estimate of drug-likeness (QED) is 0.692. The highest BCUT2D eigenvalue weighted by molar-refractivity contribution is 7.98. The first-order valence-electron chi connectivity index (χ1n) is 4.31. The molecule has 0 atom stereocenters. The summed E-state index contributed by atoms with van der Waals surface area (Å²) in [6, 6.07) is 5.38. The highest BCUT2D eigenvalue weighted by atomic mass is 35.5. The second-order valence-corrected chi connectivity index (χ2v) is 5.75. The van der Waals surface area contributed by atoms with E-state index in [4.69, 9.17) is 28.9 Å². The second kappa shape index (κ2) is 5.23. The van der Waals surface area contributed by atoms with Crippen molar-refractivity contribution in [3.05, 3.63) is 33.3 Å². The van der Waals surface area contributed by atoms with E-state index in [9.17, 15) is 0 Å². The van der Waals surface area contributed by atoms with Gasteiger partial charge >= 0.3 is 0 Å². The Morgan fingerprint density at radius 3 is 2.88 bits per heavy atom. The summed E-state index contributed by atoms with van der Waals surface area (Å²) in [6.07, 6.45) is 0. The Kier molecular flexibility index (Phi) is 3.91. The van der Waals surface area contributed by atoms with Crippen LogP contribution >= 0.6 is 46.5 Å². The van der Waals surface area contributed by atoms with E-state index in [0.29, 0.717) is 20.8 Å². The summed E-state index contributed by atoms with van der Waals surface area (Å²) in [7, 11) is 0. The fraction of sp³-hybridized carbons (Fsp3) is 0.111. The van der Waals surface area contributed by atoms with Crippen molar-refractivity contribution < 1.29 is 0 Å². The monoisotopic (exact) mass is 291 g/mol. The maximum Gasteiger partial charge on any atom is 0.138 e. The van der Waals surface area contributed by atoms with Gasteiger partial charge < -0.3 is 5.73 Å². The third-order valence-corrected chi connectivity index (χ3v) is 4.32. The zero-order chi connectivity index (χ0) is 11.5. The minimum atomic E-state index is 0.618. The fourth-order valence-electron chi connectivity index (χ4n) is 1.06. The second-order valence-electron chi connectivity index (χ2n) is 2.97. The molecule has 0 unspecified atom stereocenters. The van der Waals surface area contributed by atoms with Crippen LogP contribution in [0.4, 0.5) is 5.69 Å². The summed E-state index contributed by atoms with van der Waals surface area (Å²) in [5.74, 6) is 0.637. The number of hydrogen-bond acceptors (Lipinski definition) is 5. The summed E-state index contributed by atoms with van der Waals surface area (Å²) < 4.78 is 4.38. The lowest BCUT2D eigenvalue weighted by Crippen LogP contribution is -1.87. The summed E-state index contributed by atoms with van der Waals surface area (Å²) in [5, 5.41) is 4.60. The van der Waals surface area contributed by atoms with Crippen LogP contribution in [-0.4, -0.2) is 9.59 Å². The van der Waals surface area contributed by atoms with Crippen molar-refractivity contribution in [2.75, 3.05) is 5.73 Å². The largest absolute Gasteiger partial charge is 0.399 e. The highest BCUT2D eigenvalue weighted by Crippen LogP contribution is 2.32. The van der Waals surface area contributed by atoms with Crippen LogP contribution < -0.4 is 5.73 Å². The van der Waals surface area contributed by atoms with Crippen LogP contribution in [0.15, 0.2) is 23.1 Å². The molecule has 0 aliphatic carbocycles. The van der Waals surface area contributed by atoms with Gasteiger partial charge in [-0.05, 0) is 18.2 Å². The van der Waals surface area contributed by atoms with Gasteiger partial charge in [0.1, 0.15) is 10.0 Å². The summed E-state index contributed by atoms with van der Waals surface area (Å²) in [6.45, 7) is 0. The first-order chi connectivity index (χ1) is 7.66. The van der Waals surface area contributed by atoms with Crippen LogP contribution in [0.5, 0.6) is 0 Å². The van der Waals surface area contributed by atoms with Crippen LogP contribution in [-0.2, 0) is 5.75 Å². The van der Waals surface area contributed by atoms with Crippen LogP contribution in [0.1, 0.15) is 5.69 Å². The maximum absolute atomic E-state index is 6.03. The van der Waals surface area contributed by atoms with Gasteiger partial charge in [-0.25, -0.2) is 0 Å². The summed E-state index contributed by atoms with van der Waals surface area (Å²) >= 11 is 14.7. The Labute approximate surface area is 111 Å². The summed E-state index contributed by atoms with van der Waals surface area (Å²) in [4.78, 5) is 0.922. The maximum atomic E-state index is 6.03. The molecule has 0 fully saturated rings. The van der Waals surface area contributed by atoms with E-state index in [1.54, 1.807) is 23.9 Å². The van der Waals surface area contributed by atoms with Gasteiger partial charge in [0.05, 0.1) is 5.02 Å². The molecule has 0 saturated carbocycles. The van der Waals surface area contributed by atoms with Crippen molar-refractivity contribution in [1.29, 1.82) is 0 Å². The number of benzene rings is 1. The predicted octanol–water partition coefficient (Wildman–Crippen LogP) is 3.72. The normalized spacial score (nSPS) is 10.6. The first kappa shape index (κ1) is 12.0. The van der Waals surface area contributed by atoms with Crippen LogP contribution in [0, 0.1) is 0 Å². The molecule has 2 rings (SSSR count). The van der Waals surface area contributed by atoms with Crippen molar-refractivity contribution in [3.63, 3.8) is 0 Å². The zero-order valence-electron chi connectivity index (χ0n) is 7.98. The number of aromatic nitrogens is 2. The number of nitrogens with zero attached hydrogens (tertiary/aromatic N) is 2. The lowest BCUT2D eigenvalue weighted by Gasteiger charge is -2.03. The number of rotatable bonds is 3. The lowest BCUT2D eigenvalue weighted by molar-refractivity contribution is 1.07. The van der Waals surface area contributed by atoms with Crippen LogP contribution in [0.2, 0.25) is 9.36 Å². The molecule has 0 saturated heterocycles. The third-order valence-electron chi connectivity index (χ3n) is 1.83. The van der Waals surface area contributed by atoms with Crippen molar-refractivity contribution >= 4 is 52.2 Å². The van der Waals surface area contributed by atoms with Crippen LogP contribution in [0.3, 0.4) is 0 Å². The van der Waals surface area contributed by atoms with E-state index >= 15 is 0 Å². The molecule has 0 amide bonds. The molecule has 2 N–H and O–H groups in total. The molecular formula is C9H7Cl2N3S2. The Balaban J connectivity index is 2.10. The smallest absolute Gasteiger partial charge is 0.138 e. The van der Waals surface area contributed by atoms with Crippen molar-refractivity contribution in [2.24, 2.45) is 0 Å². The molecule has 0 radical (unpaired) electrons. The minimum Gasteiger partial charge on any atom is -0.399 e. The van der Waals surface area contributed by atoms with Gasteiger partial charge in [0.15, 0.2) is 0 Å². The number of thioether (sulfide) groups is 1. The van der Waals surface area contributed by atoms with Crippen molar-refractivity contribution in [1.82, 2.24) is 9.59 Å². The Morgan fingerprint density at radius 2 is 2.19 bits per heavy atom. The molecule has 0 spiro atoms. The predicted molar refractivity (Wildman–Crippen MR) is 70.3 cm³/mol. The molecular weight excluding hydrogens is 285 g/mol. The van der Waals surface area contributed by atoms with Gasteiger partial charge in [-0.3, -0.25) is 0 Å². The van der Waals surface area contributed by atoms with Gasteiger partial charge in [-0.15, -0.1) is 16.9 Å². The van der Waals surface area contributed by atoms with Gasteiger partial charge in [-0.1, -0.05) is 27.7 Å². The molecule has 7 heteroatoms. The molecule has 0 aliphatic rings. The first-order valence-corrected chi connectivity index (χ1v) is 6.83.